The molecule has 21 heavy (non-hydrogen) atoms. The molecule has 2 amide bonds. The first-order valence-corrected chi connectivity index (χ1v) is 6.96. The van der Waals surface area contributed by atoms with Crippen LogP contribution in [0.1, 0.15) is 17.9 Å². The molecule has 2 N–H and O–H groups in total. The van der Waals surface area contributed by atoms with E-state index in [2.05, 4.69) is 10.6 Å². The maximum Gasteiger partial charge on any atom is 0.232 e. The van der Waals surface area contributed by atoms with Gasteiger partial charge in [-0.2, -0.15) is 0 Å². The first-order chi connectivity index (χ1) is 10.1. The largest absolute Gasteiger partial charge is 0.326 e. The molecule has 0 bridgehead atoms. The molecule has 0 radical (unpaired) electrons. The Balaban J connectivity index is 1.70. The monoisotopic (exact) mass is 300 g/mol. The quantitative estimate of drug-likeness (QED) is 0.912. The lowest BCUT2D eigenvalue weighted by Crippen LogP contribution is -2.20. The van der Waals surface area contributed by atoms with E-state index in [1.807, 2.05) is 24.3 Å². The average molecular weight is 301 g/mol. The Morgan fingerprint density at radius 3 is 2.62 bits per heavy atom. The van der Waals surface area contributed by atoms with Gasteiger partial charge in [0.15, 0.2) is 0 Å². The zero-order valence-electron chi connectivity index (χ0n) is 11.1. The lowest BCUT2D eigenvalue weighted by molar-refractivity contribution is -0.122. The normalized spacial score (nSPS) is 16.2. The Kier molecular flexibility index (Phi) is 3.62. The topological polar surface area (TPSA) is 58.2 Å². The predicted molar refractivity (Wildman–Crippen MR) is 82.5 cm³/mol. The van der Waals surface area contributed by atoms with Crippen molar-refractivity contribution in [1.82, 2.24) is 0 Å². The molecule has 1 heterocycles. The highest BCUT2D eigenvalue weighted by molar-refractivity contribution is 6.30. The fraction of sp³-hybridized carbons (Fsp3) is 0.125. The molecule has 2 aromatic carbocycles. The average Bonchev–Trinajstić information content (AvgIpc) is 2.78. The minimum Gasteiger partial charge on any atom is -0.326 e. The highest BCUT2D eigenvalue weighted by Crippen LogP contribution is 2.34. The number of amides is 2. The van der Waals surface area contributed by atoms with Gasteiger partial charge in [0.05, 0.1) is 5.92 Å². The van der Waals surface area contributed by atoms with Crippen molar-refractivity contribution in [2.75, 3.05) is 10.6 Å². The van der Waals surface area contributed by atoms with Crippen molar-refractivity contribution < 1.29 is 9.59 Å². The summed E-state index contributed by atoms with van der Waals surface area (Å²) in [6.45, 7) is 0. The smallest absolute Gasteiger partial charge is 0.232 e. The number of benzene rings is 2. The fourth-order valence-corrected chi connectivity index (χ4v) is 2.54. The van der Waals surface area contributed by atoms with Crippen LogP contribution in [0.15, 0.2) is 48.5 Å². The number of hydrogen-bond acceptors (Lipinski definition) is 2. The summed E-state index contributed by atoms with van der Waals surface area (Å²) in [6.07, 6.45) is 0.117. The molecule has 0 fully saturated rings. The predicted octanol–water partition coefficient (Wildman–Crippen LogP) is 3.40. The second-order valence-electron chi connectivity index (χ2n) is 4.89. The zero-order chi connectivity index (χ0) is 14.8. The van der Waals surface area contributed by atoms with E-state index in [0.717, 1.165) is 11.3 Å². The summed E-state index contributed by atoms with van der Waals surface area (Å²) in [4.78, 5) is 24.0. The van der Waals surface area contributed by atoms with Crippen molar-refractivity contribution in [3.8, 4) is 0 Å². The van der Waals surface area contributed by atoms with Gasteiger partial charge in [-0.05, 0) is 35.9 Å². The molecule has 0 saturated heterocycles. The molecule has 106 valence electrons. The number of rotatable bonds is 3. The van der Waals surface area contributed by atoms with Gasteiger partial charge in [-0.25, -0.2) is 0 Å². The molecule has 0 aromatic heterocycles. The van der Waals surface area contributed by atoms with Crippen molar-refractivity contribution in [2.45, 2.75) is 12.3 Å². The second-order valence-corrected chi connectivity index (χ2v) is 5.32. The minimum absolute atomic E-state index is 0.117. The van der Waals surface area contributed by atoms with Gasteiger partial charge < -0.3 is 10.6 Å². The molecule has 1 atom stereocenters. The molecule has 0 saturated carbocycles. The number of carbonyl (C=O) groups is 2. The van der Waals surface area contributed by atoms with E-state index in [1.54, 1.807) is 24.3 Å². The fourth-order valence-electron chi connectivity index (χ4n) is 2.41. The van der Waals surface area contributed by atoms with Crippen molar-refractivity contribution in [1.29, 1.82) is 0 Å². The lowest BCUT2D eigenvalue weighted by Gasteiger charge is -2.09. The highest BCUT2D eigenvalue weighted by atomic mass is 35.5. The second kappa shape index (κ2) is 5.58. The van der Waals surface area contributed by atoms with Gasteiger partial charge in [0.1, 0.15) is 0 Å². The molecule has 5 heteroatoms. The SMILES string of the molecule is O=C(CC1C(=O)Nc2ccccc21)Nc1ccc(Cl)cc1. The summed E-state index contributed by atoms with van der Waals surface area (Å²) in [5.41, 5.74) is 2.32. The molecule has 3 rings (SSSR count). The third kappa shape index (κ3) is 2.90. The number of nitrogens with one attached hydrogen (secondary N) is 2. The van der Waals surface area contributed by atoms with Crippen LogP contribution in [-0.2, 0) is 9.59 Å². The Morgan fingerprint density at radius 2 is 1.86 bits per heavy atom. The molecular weight excluding hydrogens is 288 g/mol. The summed E-state index contributed by atoms with van der Waals surface area (Å²) in [6, 6.07) is 14.3. The van der Waals surface area contributed by atoms with Crippen LogP contribution in [0.5, 0.6) is 0 Å². The van der Waals surface area contributed by atoms with Gasteiger partial charge in [0.2, 0.25) is 11.8 Å². The van der Waals surface area contributed by atoms with Crippen LogP contribution in [0, 0.1) is 0 Å². The Labute approximate surface area is 127 Å². The third-order valence-corrected chi connectivity index (χ3v) is 3.68. The number of para-hydroxylation sites is 1. The summed E-state index contributed by atoms with van der Waals surface area (Å²) >= 11 is 5.80. The number of hydrogen-bond donors (Lipinski definition) is 2. The van der Waals surface area contributed by atoms with Gasteiger partial charge in [-0.15, -0.1) is 0 Å². The van der Waals surface area contributed by atoms with E-state index >= 15 is 0 Å². The van der Waals surface area contributed by atoms with Crippen LogP contribution >= 0.6 is 11.6 Å². The maximum absolute atomic E-state index is 12.1. The molecule has 1 aliphatic rings. The van der Waals surface area contributed by atoms with Gasteiger partial charge in [-0.1, -0.05) is 29.8 Å². The molecule has 0 aliphatic carbocycles. The van der Waals surface area contributed by atoms with E-state index in [-0.39, 0.29) is 18.2 Å². The van der Waals surface area contributed by atoms with Crippen molar-refractivity contribution >= 4 is 34.8 Å². The van der Waals surface area contributed by atoms with Crippen molar-refractivity contribution in [2.24, 2.45) is 0 Å². The highest BCUT2D eigenvalue weighted by Gasteiger charge is 2.31. The van der Waals surface area contributed by atoms with Crippen LogP contribution in [0.3, 0.4) is 0 Å². The van der Waals surface area contributed by atoms with Crippen molar-refractivity contribution in [3.05, 3.63) is 59.1 Å². The van der Waals surface area contributed by atoms with E-state index in [9.17, 15) is 9.59 Å². The van der Waals surface area contributed by atoms with E-state index in [4.69, 9.17) is 11.6 Å². The van der Waals surface area contributed by atoms with Crippen molar-refractivity contribution in [3.63, 3.8) is 0 Å². The van der Waals surface area contributed by atoms with Crippen LogP contribution in [0.25, 0.3) is 0 Å². The zero-order valence-corrected chi connectivity index (χ0v) is 11.9. The van der Waals surface area contributed by atoms with E-state index in [0.29, 0.717) is 10.7 Å². The Hall–Kier alpha value is -2.33. The molecular formula is C16H13ClN2O2. The molecule has 4 nitrogen and oxygen atoms in total. The summed E-state index contributed by atoms with van der Waals surface area (Å²) in [5.74, 6) is -0.773. The van der Waals surface area contributed by atoms with Crippen LogP contribution in [-0.4, -0.2) is 11.8 Å². The van der Waals surface area contributed by atoms with Gasteiger partial charge in [-0.3, -0.25) is 9.59 Å². The summed E-state index contributed by atoms with van der Waals surface area (Å²) in [5, 5.41) is 6.17. The molecule has 1 aliphatic heterocycles. The maximum atomic E-state index is 12.1. The Morgan fingerprint density at radius 1 is 1.14 bits per heavy atom. The van der Waals surface area contributed by atoms with Gasteiger partial charge in [0, 0.05) is 22.8 Å². The molecule has 0 spiro atoms. The van der Waals surface area contributed by atoms with E-state index < -0.39 is 5.92 Å². The standard InChI is InChI=1S/C16H13ClN2O2/c17-10-5-7-11(8-6-10)18-15(20)9-13-12-3-1-2-4-14(12)19-16(13)21/h1-8,13H,9H2,(H,18,20)(H,19,21). The first kappa shape index (κ1) is 13.6. The number of anilines is 2. The van der Waals surface area contributed by atoms with Gasteiger partial charge >= 0.3 is 0 Å². The lowest BCUT2D eigenvalue weighted by atomic mass is 9.97. The summed E-state index contributed by atoms with van der Waals surface area (Å²) in [7, 11) is 0. The number of carbonyl (C=O) groups excluding carboxylic acids is 2. The number of fused-ring (bicyclic) bond motifs is 1. The van der Waals surface area contributed by atoms with Crippen LogP contribution in [0.4, 0.5) is 11.4 Å². The first-order valence-electron chi connectivity index (χ1n) is 6.59. The third-order valence-electron chi connectivity index (χ3n) is 3.43. The van der Waals surface area contributed by atoms with Gasteiger partial charge in [0.25, 0.3) is 0 Å². The van der Waals surface area contributed by atoms with E-state index in [1.165, 1.54) is 0 Å². The van der Waals surface area contributed by atoms with Crippen LogP contribution < -0.4 is 10.6 Å². The van der Waals surface area contributed by atoms with Crippen LogP contribution in [0.2, 0.25) is 5.02 Å². The summed E-state index contributed by atoms with van der Waals surface area (Å²) < 4.78 is 0. The minimum atomic E-state index is -0.437. The molecule has 2 aromatic rings. The Bertz CT molecular complexity index is 698. The number of halogens is 1. The molecule has 1 unspecified atom stereocenters.